The van der Waals surface area contributed by atoms with Crippen molar-refractivity contribution in [3.63, 3.8) is 0 Å². The van der Waals surface area contributed by atoms with Crippen LogP contribution >= 0.6 is 0 Å². The highest BCUT2D eigenvalue weighted by atomic mass is 16.1. The molecule has 2 aliphatic rings. The summed E-state index contributed by atoms with van der Waals surface area (Å²) in [7, 11) is 0. The lowest BCUT2D eigenvalue weighted by atomic mass is 9.80. The molecule has 160 valence electrons. The second kappa shape index (κ2) is 7.19. The Labute approximate surface area is 186 Å². The molecule has 0 spiro atoms. The van der Waals surface area contributed by atoms with E-state index >= 15 is 0 Å². The number of nitrogen functional groups attached to an aromatic ring is 1. The predicted octanol–water partition coefficient (Wildman–Crippen LogP) is 4.80. The number of fused-ring (bicyclic) bond motifs is 2. The smallest absolute Gasteiger partial charge is 0.194 e. The van der Waals surface area contributed by atoms with Crippen LogP contribution in [0.5, 0.6) is 0 Å². The number of imidazole rings is 1. The molecule has 4 aromatic rings. The van der Waals surface area contributed by atoms with Crippen molar-refractivity contribution in [3.8, 4) is 5.69 Å². The lowest BCUT2D eigenvalue weighted by molar-refractivity contribution is 0.103. The van der Waals surface area contributed by atoms with E-state index < -0.39 is 0 Å². The van der Waals surface area contributed by atoms with Crippen molar-refractivity contribution < 1.29 is 4.79 Å². The number of H-pyrrole nitrogens is 1. The Hall–Kier alpha value is -3.67. The quantitative estimate of drug-likeness (QED) is 0.451. The average molecular weight is 424 g/mol. The predicted molar refractivity (Wildman–Crippen MR) is 126 cm³/mol. The van der Waals surface area contributed by atoms with Crippen LogP contribution in [-0.4, -0.2) is 25.5 Å². The molecule has 6 nitrogen and oxygen atoms in total. The van der Waals surface area contributed by atoms with Crippen LogP contribution in [0.15, 0.2) is 48.2 Å². The zero-order chi connectivity index (χ0) is 21.8. The van der Waals surface area contributed by atoms with Gasteiger partial charge in [-0.25, -0.2) is 9.67 Å². The molecule has 6 heteroatoms. The van der Waals surface area contributed by atoms with Crippen LogP contribution in [0.3, 0.4) is 0 Å². The standard InChI is InChI=1S/C26H25N5O/c1-15-29-23-8-7-21(13-24(23)30-15)31-26(27)22(14-28-31)25(32)20-11-18-6-5-17(10-19(18)12-20)9-16-3-2-4-16/h5-8,10-11,13-14,16H,2-4,9,12,27H2,1H3,(H,29,30). The fourth-order valence-corrected chi connectivity index (χ4v) is 4.87. The van der Waals surface area contributed by atoms with Crippen LogP contribution in [0.1, 0.15) is 52.1 Å². The Morgan fingerprint density at radius 3 is 2.91 bits per heavy atom. The van der Waals surface area contributed by atoms with Gasteiger partial charge in [-0.1, -0.05) is 37.5 Å². The SMILES string of the molecule is Cc1nc2ccc(-n3ncc(C(=O)C4=Cc5ccc(CC6CCC6)cc5C4)c3N)cc2[nH]1. The molecule has 0 amide bonds. The second-order valence-electron chi connectivity index (χ2n) is 9.09. The van der Waals surface area contributed by atoms with E-state index in [1.807, 2.05) is 31.2 Å². The highest BCUT2D eigenvalue weighted by Gasteiger charge is 2.25. The van der Waals surface area contributed by atoms with Gasteiger partial charge in [0.1, 0.15) is 11.6 Å². The number of aryl methyl sites for hydroxylation is 1. The molecule has 0 bridgehead atoms. The number of rotatable bonds is 5. The molecule has 2 aliphatic carbocycles. The van der Waals surface area contributed by atoms with E-state index in [-0.39, 0.29) is 5.78 Å². The number of carbonyl (C=O) groups is 1. The van der Waals surface area contributed by atoms with E-state index in [9.17, 15) is 4.79 Å². The summed E-state index contributed by atoms with van der Waals surface area (Å²) < 4.78 is 1.61. The number of hydrogen-bond acceptors (Lipinski definition) is 4. The number of carbonyl (C=O) groups excluding carboxylic acids is 1. The lowest BCUT2D eigenvalue weighted by Crippen LogP contribution is -2.13. The number of aromatic nitrogens is 4. The second-order valence-corrected chi connectivity index (χ2v) is 9.09. The molecule has 6 rings (SSSR count). The van der Waals surface area contributed by atoms with Gasteiger partial charge in [0, 0.05) is 12.0 Å². The summed E-state index contributed by atoms with van der Waals surface area (Å²) in [6.07, 6.45) is 9.42. The molecule has 2 heterocycles. The third-order valence-corrected chi connectivity index (χ3v) is 6.84. The first kappa shape index (κ1) is 19.0. The fraction of sp³-hybridized carbons (Fsp3) is 0.269. The van der Waals surface area contributed by atoms with E-state index in [2.05, 4.69) is 33.3 Å². The number of hydrogen-bond donors (Lipinski definition) is 2. The first-order chi connectivity index (χ1) is 15.5. The summed E-state index contributed by atoms with van der Waals surface area (Å²) >= 11 is 0. The summed E-state index contributed by atoms with van der Waals surface area (Å²) in [5.74, 6) is 1.99. The van der Waals surface area contributed by atoms with Crippen LogP contribution < -0.4 is 5.73 Å². The molecule has 0 saturated heterocycles. The van der Waals surface area contributed by atoms with Gasteiger partial charge in [-0.05, 0) is 60.2 Å². The number of nitrogens with two attached hydrogens (primary N) is 1. The highest BCUT2D eigenvalue weighted by molar-refractivity contribution is 6.15. The monoisotopic (exact) mass is 423 g/mol. The molecule has 1 fully saturated rings. The molecule has 0 unspecified atom stereocenters. The average Bonchev–Trinajstić information content (AvgIpc) is 3.44. The van der Waals surface area contributed by atoms with Crippen LogP contribution in [0.4, 0.5) is 5.82 Å². The first-order valence-corrected chi connectivity index (χ1v) is 11.2. The maximum Gasteiger partial charge on any atom is 0.194 e. The molecule has 2 aromatic heterocycles. The molecular formula is C26H25N5O. The third-order valence-electron chi connectivity index (χ3n) is 6.84. The van der Waals surface area contributed by atoms with Gasteiger partial charge in [0.05, 0.1) is 28.5 Å². The van der Waals surface area contributed by atoms with Gasteiger partial charge >= 0.3 is 0 Å². The van der Waals surface area contributed by atoms with E-state index in [1.54, 1.807) is 10.9 Å². The molecule has 2 aromatic carbocycles. The summed E-state index contributed by atoms with van der Waals surface area (Å²) in [6.45, 7) is 1.92. The number of ketones is 1. The lowest BCUT2D eigenvalue weighted by Gasteiger charge is -2.25. The molecule has 32 heavy (non-hydrogen) atoms. The first-order valence-electron chi connectivity index (χ1n) is 11.2. The summed E-state index contributed by atoms with van der Waals surface area (Å²) in [5.41, 5.74) is 13.9. The van der Waals surface area contributed by atoms with Crippen LogP contribution in [0, 0.1) is 12.8 Å². The maximum atomic E-state index is 13.3. The van der Waals surface area contributed by atoms with Crippen molar-refractivity contribution in [2.75, 3.05) is 5.73 Å². The van der Waals surface area contributed by atoms with Gasteiger partial charge < -0.3 is 10.7 Å². The fourth-order valence-electron chi connectivity index (χ4n) is 4.87. The van der Waals surface area contributed by atoms with Gasteiger partial charge in [0.25, 0.3) is 0 Å². The van der Waals surface area contributed by atoms with Crippen molar-refractivity contribution in [3.05, 3.63) is 76.2 Å². The van der Waals surface area contributed by atoms with Gasteiger partial charge in [-0.2, -0.15) is 5.10 Å². The minimum Gasteiger partial charge on any atom is -0.383 e. The van der Waals surface area contributed by atoms with Crippen LogP contribution in [0.2, 0.25) is 0 Å². The summed E-state index contributed by atoms with van der Waals surface area (Å²) in [5, 5.41) is 4.41. The Morgan fingerprint density at radius 1 is 1.22 bits per heavy atom. The molecular weight excluding hydrogens is 398 g/mol. The van der Waals surface area contributed by atoms with Gasteiger partial charge in [0.15, 0.2) is 5.78 Å². The minimum absolute atomic E-state index is 0.0519. The van der Waals surface area contributed by atoms with E-state index in [4.69, 9.17) is 5.73 Å². The molecule has 0 radical (unpaired) electrons. The minimum atomic E-state index is -0.0519. The Bertz CT molecular complexity index is 1400. The van der Waals surface area contributed by atoms with E-state index in [0.29, 0.717) is 17.8 Å². The number of nitrogens with one attached hydrogen (secondary N) is 1. The number of nitrogens with zero attached hydrogens (tertiary/aromatic N) is 3. The van der Waals surface area contributed by atoms with Crippen molar-refractivity contribution in [2.24, 2.45) is 5.92 Å². The molecule has 1 saturated carbocycles. The van der Waals surface area contributed by atoms with Gasteiger partial charge in [-0.15, -0.1) is 0 Å². The number of allylic oxidation sites excluding steroid dienone is 1. The van der Waals surface area contributed by atoms with Crippen molar-refractivity contribution in [1.82, 2.24) is 19.7 Å². The third kappa shape index (κ3) is 3.14. The number of benzene rings is 2. The number of Topliss-reactive ketones (excluding diaryl/α,β-unsaturated/α-hetero) is 1. The van der Waals surface area contributed by atoms with Crippen LogP contribution in [-0.2, 0) is 12.8 Å². The summed E-state index contributed by atoms with van der Waals surface area (Å²) in [4.78, 5) is 21.0. The summed E-state index contributed by atoms with van der Waals surface area (Å²) in [6, 6.07) is 12.4. The Morgan fingerprint density at radius 2 is 2.09 bits per heavy atom. The van der Waals surface area contributed by atoms with E-state index in [1.165, 1.54) is 30.4 Å². The normalized spacial score (nSPS) is 15.6. The Balaban J connectivity index is 1.25. The maximum absolute atomic E-state index is 13.3. The van der Waals surface area contributed by atoms with Crippen molar-refractivity contribution >= 4 is 28.7 Å². The topological polar surface area (TPSA) is 89.6 Å². The van der Waals surface area contributed by atoms with Gasteiger partial charge in [0.2, 0.25) is 0 Å². The van der Waals surface area contributed by atoms with Crippen molar-refractivity contribution in [2.45, 2.75) is 39.0 Å². The number of anilines is 1. The molecule has 0 aliphatic heterocycles. The zero-order valence-electron chi connectivity index (χ0n) is 18.1. The number of aromatic amines is 1. The Kier molecular flexibility index (Phi) is 4.28. The largest absolute Gasteiger partial charge is 0.383 e. The van der Waals surface area contributed by atoms with Crippen LogP contribution in [0.25, 0.3) is 22.8 Å². The molecule has 3 N–H and O–H groups in total. The molecule has 0 atom stereocenters. The van der Waals surface area contributed by atoms with Crippen molar-refractivity contribution in [1.29, 1.82) is 0 Å². The van der Waals surface area contributed by atoms with E-state index in [0.717, 1.165) is 46.0 Å². The highest BCUT2D eigenvalue weighted by Crippen LogP contribution is 2.33. The van der Waals surface area contributed by atoms with Gasteiger partial charge in [-0.3, -0.25) is 4.79 Å². The zero-order valence-corrected chi connectivity index (χ0v) is 18.1.